The van der Waals surface area contributed by atoms with Gasteiger partial charge in [-0.05, 0) is 49.7 Å². The number of carbonyl (C=O) groups excluding carboxylic acids is 3. The van der Waals surface area contributed by atoms with E-state index in [2.05, 4.69) is 10.6 Å². The van der Waals surface area contributed by atoms with E-state index in [0.717, 1.165) is 0 Å². The van der Waals surface area contributed by atoms with Crippen molar-refractivity contribution in [3.8, 4) is 0 Å². The van der Waals surface area contributed by atoms with Crippen LogP contribution in [0.5, 0.6) is 0 Å². The number of hydrogen-bond acceptors (Lipinski definition) is 5. The third kappa shape index (κ3) is 5.02. The van der Waals surface area contributed by atoms with Crippen molar-refractivity contribution in [2.75, 3.05) is 28.7 Å². The van der Waals surface area contributed by atoms with Gasteiger partial charge in [-0.1, -0.05) is 12.1 Å². The highest BCUT2D eigenvalue weighted by molar-refractivity contribution is 6.10. The van der Waals surface area contributed by atoms with Crippen LogP contribution >= 0.6 is 0 Å². The monoisotopic (exact) mass is 411 g/mol. The Morgan fingerprint density at radius 1 is 1.20 bits per heavy atom. The summed E-state index contributed by atoms with van der Waals surface area (Å²) in [6.45, 7) is 3.29. The van der Waals surface area contributed by atoms with Crippen molar-refractivity contribution in [2.24, 2.45) is 0 Å². The maximum atomic E-state index is 13.4. The van der Waals surface area contributed by atoms with Gasteiger partial charge >= 0.3 is 5.97 Å². The van der Waals surface area contributed by atoms with Crippen LogP contribution < -0.4 is 15.5 Å². The van der Waals surface area contributed by atoms with Crippen LogP contribution in [0.3, 0.4) is 0 Å². The minimum atomic E-state index is -0.459. The molecule has 0 saturated carbocycles. The van der Waals surface area contributed by atoms with Gasteiger partial charge in [0, 0.05) is 17.5 Å². The predicted octanol–water partition coefficient (Wildman–Crippen LogP) is 3.37. The van der Waals surface area contributed by atoms with Crippen molar-refractivity contribution >= 4 is 34.8 Å². The zero-order valence-corrected chi connectivity index (χ0v) is 16.7. The number of benzene rings is 2. The van der Waals surface area contributed by atoms with E-state index in [1.54, 1.807) is 38.1 Å². The van der Waals surface area contributed by atoms with Crippen LogP contribution in [-0.4, -0.2) is 30.9 Å². The van der Waals surface area contributed by atoms with Gasteiger partial charge in [0.15, 0.2) is 0 Å². The van der Waals surface area contributed by atoms with Crippen molar-refractivity contribution in [3.05, 3.63) is 65.6 Å². The summed E-state index contributed by atoms with van der Waals surface area (Å²) >= 11 is 0. The second kappa shape index (κ2) is 9.21. The number of fused-ring (bicyclic) bond motifs is 1. The molecule has 0 radical (unpaired) electrons. The average molecular weight is 411 g/mol. The number of ether oxygens (including phenoxy) is 1. The van der Waals surface area contributed by atoms with Crippen LogP contribution in [0.1, 0.15) is 18.9 Å². The number of esters is 1. The molecule has 2 N–H and O–H groups in total. The van der Waals surface area contributed by atoms with Crippen molar-refractivity contribution in [3.63, 3.8) is 0 Å². The number of carbonyl (C=O) groups is 3. The van der Waals surface area contributed by atoms with Gasteiger partial charge in [-0.3, -0.25) is 19.3 Å². The van der Waals surface area contributed by atoms with Gasteiger partial charge in [-0.25, -0.2) is 4.39 Å². The van der Waals surface area contributed by atoms with Crippen molar-refractivity contribution in [1.29, 1.82) is 0 Å². The molecule has 2 amide bonds. The predicted molar refractivity (Wildman–Crippen MR) is 112 cm³/mol. The van der Waals surface area contributed by atoms with Crippen LogP contribution in [0.15, 0.2) is 54.2 Å². The number of para-hydroxylation sites is 2. The second-order valence-corrected chi connectivity index (χ2v) is 6.73. The molecule has 1 heterocycles. The van der Waals surface area contributed by atoms with Gasteiger partial charge in [0.25, 0.3) is 5.91 Å². The molecule has 2 aromatic rings. The molecule has 0 aromatic heterocycles. The molecule has 0 bridgehead atoms. The fraction of sp³-hybridized carbons (Fsp3) is 0.227. The molecule has 0 saturated heterocycles. The average Bonchev–Trinajstić information content (AvgIpc) is 2.81. The van der Waals surface area contributed by atoms with Gasteiger partial charge in [0.1, 0.15) is 12.4 Å². The highest BCUT2D eigenvalue weighted by atomic mass is 19.1. The molecule has 0 aliphatic carbocycles. The van der Waals surface area contributed by atoms with Crippen LogP contribution in [0.4, 0.5) is 21.5 Å². The highest BCUT2D eigenvalue weighted by Gasteiger charge is 2.25. The summed E-state index contributed by atoms with van der Waals surface area (Å²) in [5.41, 5.74) is 2.31. The summed E-state index contributed by atoms with van der Waals surface area (Å²) in [4.78, 5) is 38.6. The smallest absolute Gasteiger partial charge is 0.311 e. The molecule has 1 aliphatic rings. The molecule has 0 fully saturated rings. The third-order valence-electron chi connectivity index (χ3n) is 4.44. The summed E-state index contributed by atoms with van der Waals surface area (Å²) in [5, 5.41) is 5.74. The van der Waals surface area contributed by atoms with Crippen molar-refractivity contribution in [1.82, 2.24) is 0 Å². The van der Waals surface area contributed by atoms with E-state index in [4.69, 9.17) is 4.74 Å². The van der Waals surface area contributed by atoms with E-state index >= 15 is 0 Å². The zero-order valence-electron chi connectivity index (χ0n) is 16.7. The lowest BCUT2D eigenvalue weighted by atomic mass is 10.2. The molecule has 2 aromatic carbocycles. The van der Waals surface area contributed by atoms with Gasteiger partial charge in [-0.2, -0.15) is 0 Å². The Labute approximate surface area is 173 Å². The number of amides is 2. The molecule has 8 heteroatoms. The lowest BCUT2D eigenvalue weighted by Crippen LogP contribution is -2.37. The first kappa shape index (κ1) is 21.0. The fourth-order valence-electron chi connectivity index (χ4n) is 3.06. The van der Waals surface area contributed by atoms with Gasteiger partial charge < -0.3 is 15.4 Å². The van der Waals surface area contributed by atoms with E-state index < -0.39 is 17.8 Å². The molecule has 7 nitrogen and oxygen atoms in total. The Morgan fingerprint density at radius 2 is 1.97 bits per heavy atom. The van der Waals surface area contributed by atoms with Crippen molar-refractivity contribution < 1.29 is 23.5 Å². The van der Waals surface area contributed by atoms with Gasteiger partial charge in [0.05, 0.1) is 24.4 Å². The second-order valence-electron chi connectivity index (χ2n) is 6.73. The summed E-state index contributed by atoms with van der Waals surface area (Å²) in [5.74, 6) is -1.71. The number of halogens is 1. The fourth-order valence-corrected chi connectivity index (χ4v) is 3.06. The lowest BCUT2D eigenvalue weighted by molar-refractivity contribution is -0.142. The Bertz CT molecular complexity index is 1020. The quantitative estimate of drug-likeness (QED) is 0.712. The molecule has 0 unspecified atom stereocenters. The first-order valence-electron chi connectivity index (χ1n) is 9.47. The normalized spacial score (nSPS) is 13.0. The van der Waals surface area contributed by atoms with E-state index in [1.165, 1.54) is 29.2 Å². The Morgan fingerprint density at radius 3 is 2.70 bits per heavy atom. The Balaban J connectivity index is 1.81. The van der Waals surface area contributed by atoms with Crippen LogP contribution in [0.2, 0.25) is 0 Å². The number of nitrogens with zero attached hydrogens (tertiary/aromatic N) is 1. The summed E-state index contributed by atoms with van der Waals surface area (Å²) in [6.07, 6.45) is 1.19. The number of anilines is 3. The minimum Gasteiger partial charge on any atom is -0.466 e. The van der Waals surface area contributed by atoms with Crippen LogP contribution in [0, 0.1) is 12.7 Å². The lowest BCUT2D eigenvalue weighted by Gasteiger charge is -2.21. The standard InChI is InChI=1S/C22H22FN3O4/c1-3-30-22(29)12-16-11-21(28)26(19-7-5-4-6-18(19)24-16)13-20(27)25-15-8-9-17(23)14(2)10-15/h4-11,24H,3,12-13H2,1-2H3,(H,25,27). The minimum absolute atomic E-state index is 0.0944. The maximum absolute atomic E-state index is 13.4. The third-order valence-corrected chi connectivity index (χ3v) is 4.44. The van der Waals surface area contributed by atoms with Gasteiger partial charge in [0.2, 0.25) is 5.91 Å². The number of rotatable bonds is 6. The molecule has 1 aliphatic heterocycles. The molecule has 0 spiro atoms. The molecular formula is C22H22FN3O4. The summed E-state index contributed by atoms with van der Waals surface area (Å²) in [6, 6.07) is 11.2. The largest absolute Gasteiger partial charge is 0.466 e. The molecule has 156 valence electrons. The molecule has 3 rings (SSSR count). The number of aryl methyl sites for hydroxylation is 1. The first-order chi connectivity index (χ1) is 14.4. The topological polar surface area (TPSA) is 87.7 Å². The summed E-state index contributed by atoms with van der Waals surface area (Å²) in [7, 11) is 0. The molecule has 0 atom stereocenters. The van der Waals surface area contributed by atoms with E-state index in [1.807, 2.05) is 0 Å². The van der Waals surface area contributed by atoms with E-state index in [9.17, 15) is 18.8 Å². The molecular weight excluding hydrogens is 389 g/mol. The van der Waals surface area contributed by atoms with Gasteiger partial charge in [-0.15, -0.1) is 0 Å². The molecule has 30 heavy (non-hydrogen) atoms. The number of hydrogen-bond donors (Lipinski definition) is 2. The van der Waals surface area contributed by atoms with E-state index in [0.29, 0.717) is 28.3 Å². The van der Waals surface area contributed by atoms with E-state index in [-0.39, 0.29) is 25.4 Å². The highest BCUT2D eigenvalue weighted by Crippen LogP contribution is 2.30. The first-order valence-corrected chi connectivity index (χ1v) is 9.47. The SMILES string of the molecule is CCOC(=O)CC1=CC(=O)N(CC(=O)Nc2ccc(F)c(C)c2)c2ccccc2N1. The Kier molecular flexibility index (Phi) is 6.46. The van der Waals surface area contributed by atoms with Crippen molar-refractivity contribution in [2.45, 2.75) is 20.3 Å². The number of nitrogens with one attached hydrogen (secondary N) is 2. The zero-order chi connectivity index (χ0) is 21.7. The maximum Gasteiger partial charge on any atom is 0.311 e. The van der Waals surface area contributed by atoms with Crippen LogP contribution in [-0.2, 0) is 19.1 Å². The Hall–Kier alpha value is -3.68. The van der Waals surface area contributed by atoms with Crippen LogP contribution in [0.25, 0.3) is 0 Å². The summed E-state index contributed by atoms with van der Waals surface area (Å²) < 4.78 is 18.4.